The lowest BCUT2D eigenvalue weighted by Gasteiger charge is -1.95. The molecule has 2 heterocycles. The van der Waals surface area contributed by atoms with E-state index in [0.29, 0.717) is 0 Å². The second-order valence-electron chi connectivity index (χ2n) is 4.02. The first-order valence-electron chi connectivity index (χ1n) is 5.63. The fourth-order valence-corrected chi connectivity index (χ4v) is 2.05. The average Bonchev–Trinajstić information content (AvgIpc) is 2.95. The molecule has 17 heavy (non-hydrogen) atoms. The number of nitrogens with zero attached hydrogens (tertiary/aromatic N) is 1. The predicted octanol–water partition coefficient (Wildman–Crippen LogP) is 2.28. The maximum Gasteiger partial charge on any atom is 0.120 e. The molecule has 0 saturated carbocycles. The van der Waals surface area contributed by atoms with E-state index in [1.165, 1.54) is 5.39 Å². The van der Waals surface area contributed by atoms with Crippen LogP contribution in [0.1, 0.15) is 5.82 Å². The van der Waals surface area contributed by atoms with E-state index in [-0.39, 0.29) is 0 Å². The van der Waals surface area contributed by atoms with Gasteiger partial charge >= 0.3 is 0 Å². The van der Waals surface area contributed by atoms with Crippen molar-refractivity contribution < 1.29 is 0 Å². The number of hydrogen-bond donors (Lipinski definition) is 3. The minimum absolute atomic E-state index is 0.752. The summed E-state index contributed by atoms with van der Waals surface area (Å²) >= 11 is 0. The number of nitrogens with one attached hydrogen (secondary N) is 3. The molecule has 0 fully saturated rings. The van der Waals surface area contributed by atoms with Crippen LogP contribution < -0.4 is 5.32 Å². The maximum atomic E-state index is 4.34. The summed E-state index contributed by atoms with van der Waals surface area (Å²) < 4.78 is 0. The summed E-state index contributed by atoms with van der Waals surface area (Å²) in [5, 5.41) is 4.29. The van der Waals surface area contributed by atoms with Gasteiger partial charge in [-0.05, 0) is 13.1 Å². The van der Waals surface area contributed by atoms with Crippen LogP contribution in [0.25, 0.3) is 22.2 Å². The molecule has 3 rings (SSSR count). The number of fused-ring (bicyclic) bond motifs is 1. The van der Waals surface area contributed by atoms with Crippen LogP contribution >= 0.6 is 0 Å². The summed E-state index contributed by atoms with van der Waals surface area (Å²) in [5.74, 6) is 0.952. The summed E-state index contributed by atoms with van der Waals surface area (Å²) in [6.45, 7) is 0.752. The van der Waals surface area contributed by atoms with Gasteiger partial charge in [0.2, 0.25) is 0 Å². The smallest absolute Gasteiger partial charge is 0.120 e. The zero-order valence-corrected chi connectivity index (χ0v) is 9.62. The minimum Gasteiger partial charge on any atom is -0.360 e. The molecule has 0 bridgehead atoms. The number of benzene rings is 1. The van der Waals surface area contributed by atoms with Crippen LogP contribution in [0.5, 0.6) is 0 Å². The second kappa shape index (κ2) is 4.07. The van der Waals surface area contributed by atoms with Crippen LogP contribution in [-0.4, -0.2) is 22.0 Å². The zero-order valence-electron chi connectivity index (χ0n) is 9.62. The third-order valence-electron chi connectivity index (χ3n) is 2.85. The standard InChI is InChI=1S/C13H14N4/c1-14-8-13-16-7-12(17-13)10-6-15-11-5-3-2-4-9(10)11/h2-7,14-15H,8H2,1H3,(H,16,17). The molecular weight excluding hydrogens is 212 g/mol. The number of aromatic amines is 2. The highest BCUT2D eigenvalue weighted by molar-refractivity contribution is 5.94. The first-order valence-corrected chi connectivity index (χ1v) is 5.63. The highest BCUT2D eigenvalue weighted by atomic mass is 15.0. The lowest BCUT2D eigenvalue weighted by molar-refractivity contribution is 0.772. The van der Waals surface area contributed by atoms with Crippen LogP contribution in [0.2, 0.25) is 0 Å². The number of para-hydroxylation sites is 1. The molecular formula is C13H14N4. The molecule has 0 atom stereocenters. The molecule has 86 valence electrons. The van der Waals surface area contributed by atoms with Crippen LogP contribution in [0.3, 0.4) is 0 Å². The van der Waals surface area contributed by atoms with Crippen molar-refractivity contribution >= 4 is 10.9 Å². The van der Waals surface area contributed by atoms with Crippen LogP contribution in [0.4, 0.5) is 0 Å². The molecule has 0 amide bonds. The van der Waals surface area contributed by atoms with Crippen molar-refractivity contribution in [3.05, 3.63) is 42.5 Å². The molecule has 1 aromatic carbocycles. The summed E-state index contributed by atoms with van der Waals surface area (Å²) in [6, 6.07) is 8.26. The fraction of sp³-hybridized carbons (Fsp3) is 0.154. The predicted molar refractivity (Wildman–Crippen MR) is 68.6 cm³/mol. The van der Waals surface area contributed by atoms with Gasteiger partial charge in [-0.2, -0.15) is 0 Å². The molecule has 4 nitrogen and oxygen atoms in total. The molecule has 3 N–H and O–H groups in total. The Morgan fingerprint density at radius 1 is 1.29 bits per heavy atom. The third kappa shape index (κ3) is 1.72. The topological polar surface area (TPSA) is 56.5 Å². The van der Waals surface area contributed by atoms with Crippen LogP contribution in [0.15, 0.2) is 36.7 Å². The van der Waals surface area contributed by atoms with E-state index in [1.54, 1.807) is 0 Å². The van der Waals surface area contributed by atoms with E-state index >= 15 is 0 Å². The van der Waals surface area contributed by atoms with E-state index in [0.717, 1.165) is 29.1 Å². The lowest BCUT2D eigenvalue weighted by atomic mass is 10.1. The Labute approximate surface area is 99.1 Å². The first kappa shape index (κ1) is 10.1. The third-order valence-corrected chi connectivity index (χ3v) is 2.85. The van der Waals surface area contributed by atoms with Gasteiger partial charge in [-0.25, -0.2) is 4.98 Å². The van der Waals surface area contributed by atoms with Crippen molar-refractivity contribution in [2.75, 3.05) is 7.05 Å². The van der Waals surface area contributed by atoms with E-state index in [9.17, 15) is 0 Å². The molecule has 0 saturated heterocycles. The molecule has 0 radical (unpaired) electrons. The normalized spacial score (nSPS) is 11.1. The van der Waals surface area contributed by atoms with E-state index < -0.39 is 0 Å². The van der Waals surface area contributed by atoms with Crippen molar-refractivity contribution in [2.45, 2.75) is 6.54 Å². The van der Waals surface area contributed by atoms with E-state index in [2.05, 4.69) is 32.4 Å². The monoisotopic (exact) mass is 226 g/mol. The van der Waals surface area contributed by atoms with Crippen molar-refractivity contribution in [3.8, 4) is 11.3 Å². The van der Waals surface area contributed by atoms with Gasteiger partial charge in [0.25, 0.3) is 0 Å². The van der Waals surface area contributed by atoms with Gasteiger partial charge in [0.05, 0.1) is 18.4 Å². The fourth-order valence-electron chi connectivity index (χ4n) is 2.05. The molecule has 0 aliphatic carbocycles. The first-order chi connectivity index (χ1) is 8.38. The zero-order chi connectivity index (χ0) is 11.7. The second-order valence-corrected chi connectivity index (χ2v) is 4.02. The summed E-state index contributed by atoms with van der Waals surface area (Å²) in [6.07, 6.45) is 3.89. The quantitative estimate of drug-likeness (QED) is 0.641. The Hall–Kier alpha value is -2.07. The lowest BCUT2D eigenvalue weighted by Crippen LogP contribution is -2.06. The minimum atomic E-state index is 0.752. The highest BCUT2D eigenvalue weighted by Gasteiger charge is 2.07. The Kier molecular flexibility index (Phi) is 2.42. The maximum absolute atomic E-state index is 4.34. The van der Waals surface area contributed by atoms with E-state index in [1.807, 2.05) is 31.6 Å². The molecule has 4 heteroatoms. The van der Waals surface area contributed by atoms with Gasteiger partial charge in [-0.1, -0.05) is 18.2 Å². The molecule has 0 spiro atoms. The molecule has 0 aliphatic rings. The Balaban J connectivity index is 2.07. The Bertz CT molecular complexity index is 635. The van der Waals surface area contributed by atoms with Gasteiger partial charge in [0.15, 0.2) is 0 Å². The molecule has 2 aromatic heterocycles. The average molecular weight is 226 g/mol. The SMILES string of the molecule is CNCc1ncc(-c2c[nH]c3ccccc23)[nH]1. The van der Waals surface area contributed by atoms with Crippen molar-refractivity contribution in [3.63, 3.8) is 0 Å². The van der Waals surface area contributed by atoms with Crippen LogP contribution in [-0.2, 0) is 6.54 Å². The van der Waals surface area contributed by atoms with Gasteiger partial charge in [0, 0.05) is 22.7 Å². The molecule has 0 unspecified atom stereocenters. The number of aromatic nitrogens is 3. The van der Waals surface area contributed by atoms with Crippen LogP contribution in [0, 0.1) is 0 Å². The summed E-state index contributed by atoms with van der Waals surface area (Å²) in [4.78, 5) is 10.9. The molecule has 0 aliphatic heterocycles. The number of imidazole rings is 1. The highest BCUT2D eigenvalue weighted by Crippen LogP contribution is 2.26. The number of rotatable bonds is 3. The number of H-pyrrole nitrogens is 2. The number of hydrogen-bond acceptors (Lipinski definition) is 2. The summed E-state index contributed by atoms with van der Waals surface area (Å²) in [7, 11) is 1.91. The summed E-state index contributed by atoms with van der Waals surface area (Å²) in [5.41, 5.74) is 3.36. The van der Waals surface area contributed by atoms with Crippen molar-refractivity contribution in [1.29, 1.82) is 0 Å². The largest absolute Gasteiger partial charge is 0.360 e. The van der Waals surface area contributed by atoms with E-state index in [4.69, 9.17) is 0 Å². The van der Waals surface area contributed by atoms with Gasteiger partial charge < -0.3 is 15.3 Å². The Morgan fingerprint density at radius 2 is 2.18 bits per heavy atom. The van der Waals surface area contributed by atoms with Crippen molar-refractivity contribution in [1.82, 2.24) is 20.3 Å². The van der Waals surface area contributed by atoms with Gasteiger partial charge in [-0.15, -0.1) is 0 Å². The Morgan fingerprint density at radius 3 is 3.06 bits per heavy atom. The molecule has 3 aromatic rings. The van der Waals surface area contributed by atoms with Crippen molar-refractivity contribution in [2.24, 2.45) is 0 Å². The van der Waals surface area contributed by atoms with Gasteiger partial charge in [0.1, 0.15) is 5.82 Å². The van der Waals surface area contributed by atoms with Gasteiger partial charge in [-0.3, -0.25) is 0 Å².